The van der Waals surface area contributed by atoms with Crippen molar-refractivity contribution >= 4 is 5.82 Å². The molecule has 2 rings (SSSR count). The van der Waals surface area contributed by atoms with Gasteiger partial charge in [0.2, 0.25) is 0 Å². The van der Waals surface area contributed by atoms with Gasteiger partial charge < -0.3 is 10.8 Å². The molecule has 0 amide bonds. The minimum Gasteiger partial charge on any atom is -0.383 e. The van der Waals surface area contributed by atoms with Crippen LogP contribution in [-0.2, 0) is 7.05 Å². The summed E-state index contributed by atoms with van der Waals surface area (Å²) in [5.74, 6) is 0.358. The van der Waals surface area contributed by atoms with E-state index in [1.54, 1.807) is 30.3 Å². The van der Waals surface area contributed by atoms with Crippen LogP contribution in [0.2, 0.25) is 0 Å². The molecule has 2 aromatic rings. The Labute approximate surface area is 93.5 Å². The predicted molar refractivity (Wildman–Crippen MR) is 60.7 cm³/mol. The van der Waals surface area contributed by atoms with E-state index in [0.29, 0.717) is 16.9 Å². The van der Waals surface area contributed by atoms with Gasteiger partial charge in [0.05, 0.1) is 6.20 Å². The van der Waals surface area contributed by atoms with Crippen LogP contribution in [0.5, 0.6) is 0 Å². The number of aliphatic hydroxyl groups is 1. The fourth-order valence-corrected chi connectivity index (χ4v) is 1.69. The first kappa shape index (κ1) is 10.6. The molecule has 0 spiro atoms. The molecule has 16 heavy (non-hydrogen) atoms. The van der Waals surface area contributed by atoms with Crippen molar-refractivity contribution in [2.45, 2.75) is 13.0 Å². The van der Waals surface area contributed by atoms with Gasteiger partial charge in [-0.1, -0.05) is 0 Å². The summed E-state index contributed by atoms with van der Waals surface area (Å²) < 4.78 is 1.64. The number of aliphatic hydroxyl groups excluding tert-OH is 1. The quantitative estimate of drug-likeness (QED) is 0.781. The van der Waals surface area contributed by atoms with Crippen LogP contribution in [0.15, 0.2) is 24.7 Å². The average Bonchev–Trinajstić information content (AvgIpc) is 2.64. The molecule has 0 saturated heterocycles. The zero-order valence-electron chi connectivity index (χ0n) is 9.25. The second kappa shape index (κ2) is 3.94. The van der Waals surface area contributed by atoms with E-state index >= 15 is 0 Å². The summed E-state index contributed by atoms with van der Waals surface area (Å²) in [6, 6.07) is 1.82. The van der Waals surface area contributed by atoms with Crippen LogP contribution < -0.4 is 5.73 Å². The maximum Gasteiger partial charge on any atom is 0.129 e. The van der Waals surface area contributed by atoms with Gasteiger partial charge in [-0.05, 0) is 18.6 Å². The van der Waals surface area contributed by atoms with Crippen LogP contribution in [0.25, 0.3) is 0 Å². The van der Waals surface area contributed by atoms with Crippen molar-refractivity contribution in [2.24, 2.45) is 7.05 Å². The third kappa shape index (κ3) is 1.77. The lowest BCUT2D eigenvalue weighted by atomic mass is 10.0. The van der Waals surface area contributed by atoms with E-state index in [-0.39, 0.29) is 0 Å². The Morgan fingerprint density at radius 2 is 2.25 bits per heavy atom. The molecule has 0 bridgehead atoms. The maximum absolute atomic E-state index is 10.2. The number of nitrogen functional groups attached to an aromatic ring is 1. The fourth-order valence-electron chi connectivity index (χ4n) is 1.69. The molecule has 0 radical (unpaired) electrons. The zero-order valence-corrected chi connectivity index (χ0v) is 9.25. The Bertz CT molecular complexity index is 486. The number of aromatic nitrogens is 3. The SMILES string of the molecule is Cc1ccnc(N)c1C(O)c1cnn(C)c1. The lowest BCUT2D eigenvalue weighted by Crippen LogP contribution is -2.07. The Kier molecular flexibility index (Phi) is 2.62. The second-order valence-corrected chi connectivity index (χ2v) is 3.78. The van der Waals surface area contributed by atoms with Crippen LogP contribution in [0.1, 0.15) is 22.8 Å². The molecule has 3 N–H and O–H groups in total. The van der Waals surface area contributed by atoms with E-state index in [4.69, 9.17) is 5.73 Å². The number of pyridine rings is 1. The largest absolute Gasteiger partial charge is 0.383 e. The third-order valence-corrected chi connectivity index (χ3v) is 2.55. The van der Waals surface area contributed by atoms with Gasteiger partial charge in [-0.25, -0.2) is 4.98 Å². The molecule has 0 aromatic carbocycles. The Morgan fingerprint density at radius 1 is 1.50 bits per heavy atom. The molecule has 1 atom stereocenters. The van der Waals surface area contributed by atoms with Crippen molar-refractivity contribution in [3.8, 4) is 0 Å². The molecule has 0 aliphatic heterocycles. The number of hydrogen-bond acceptors (Lipinski definition) is 4. The van der Waals surface area contributed by atoms with Gasteiger partial charge in [-0.15, -0.1) is 0 Å². The van der Waals surface area contributed by atoms with Crippen molar-refractivity contribution in [1.29, 1.82) is 0 Å². The molecule has 1 unspecified atom stereocenters. The molecule has 5 nitrogen and oxygen atoms in total. The molecule has 5 heteroatoms. The summed E-state index contributed by atoms with van der Waals surface area (Å²) in [5, 5.41) is 14.2. The average molecular weight is 218 g/mol. The highest BCUT2D eigenvalue weighted by Crippen LogP contribution is 2.27. The normalized spacial score (nSPS) is 12.7. The van der Waals surface area contributed by atoms with Crippen molar-refractivity contribution in [1.82, 2.24) is 14.8 Å². The number of anilines is 1. The summed E-state index contributed by atoms with van der Waals surface area (Å²) in [7, 11) is 1.80. The van der Waals surface area contributed by atoms with Crippen LogP contribution >= 0.6 is 0 Å². The summed E-state index contributed by atoms with van der Waals surface area (Å²) in [4.78, 5) is 3.98. The zero-order chi connectivity index (χ0) is 11.7. The van der Waals surface area contributed by atoms with Crippen LogP contribution in [-0.4, -0.2) is 19.9 Å². The first-order valence-corrected chi connectivity index (χ1v) is 4.97. The van der Waals surface area contributed by atoms with E-state index < -0.39 is 6.10 Å². The molecule has 0 saturated carbocycles. The number of nitrogens with two attached hydrogens (primary N) is 1. The Hall–Kier alpha value is -1.88. The standard InChI is InChI=1S/C11H14N4O/c1-7-3-4-13-11(12)9(7)10(16)8-5-14-15(2)6-8/h3-6,10,16H,1-2H3,(H2,12,13). The van der Waals surface area contributed by atoms with Crippen LogP contribution in [0, 0.1) is 6.92 Å². The van der Waals surface area contributed by atoms with Gasteiger partial charge in [0, 0.05) is 30.6 Å². The van der Waals surface area contributed by atoms with E-state index in [0.717, 1.165) is 5.56 Å². The highest BCUT2D eigenvalue weighted by molar-refractivity contribution is 5.48. The first-order chi connectivity index (χ1) is 7.59. The number of aryl methyl sites for hydroxylation is 2. The molecule has 2 aromatic heterocycles. The number of nitrogens with zero attached hydrogens (tertiary/aromatic N) is 3. The second-order valence-electron chi connectivity index (χ2n) is 3.78. The summed E-state index contributed by atoms with van der Waals surface area (Å²) >= 11 is 0. The maximum atomic E-state index is 10.2. The highest BCUT2D eigenvalue weighted by Gasteiger charge is 2.17. The molecule has 0 aliphatic carbocycles. The molecule has 0 aliphatic rings. The fraction of sp³-hybridized carbons (Fsp3) is 0.273. The van der Waals surface area contributed by atoms with Crippen LogP contribution in [0.3, 0.4) is 0 Å². The van der Waals surface area contributed by atoms with E-state index in [2.05, 4.69) is 10.1 Å². The summed E-state index contributed by atoms with van der Waals surface area (Å²) in [5.41, 5.74) is 8.05. The molecule has 84 valence electrons. The van der Waals surface area contributed by atoms with Gasteiger partial charge in [0.15, 0.2) is 0 Å². The minimum atomic E-state index is -0.776. The van der Waals surface area contributed by atoms with Crippen LogP contribution in [0.4, 0.5) is 5.82 Å². The minimum absolute atomic E-state index is 0.358. The van der Waals surface area contributed by atoms with Gasteiger partial charge >= 0.3 is 0 Å². The lowest BCUT2D eigenvalue weighted by Gasteiger charge is -2.13. The highest BCUT2D eigenvalue weighted by atomic mass is 16.3. The predicted octanol–water partition coefficient (Wildman–Crippen LogP) is 0.787. The first-order valence-electron chi connectivity index (χ1n) is 4.97. The van der Waals surface area contributed by atoms with Gasteiger partial charge in [-0.3, -0.25) is 4.68 Å². The summed E-state index contributed by atoms with van der Waals surface area (Å²) in [6.07, 6.45) is 4.24. The van der Waals surface area contributed by atoms with E-state index in [1.165, 1.54) is 0 Å². The van der Waals surface area contributed by atoms with E-state index in [9.17, 15) is 5.11 Å². The Balaban J connectivity index is 2.45. The lowest BCUT2D eigenvalue weighted by molar-refractivity contribution is 0.220. The van der Waals surface area contributed by atoms with Crippen molar-refractivity contribution in [3.05, 3.63) is 41.3 Å². The van der Waals surface area contributed by atoms with Gasteiger partial charge in [0.25, 0.3) is 0 Å². The Morgan fingerprint density at radius 3 is 2.81 bits per heavy atom. The number of hydrogen-bond donors (Lipinski definition) is 2. The van der Waals surface area contributed by atoms with Crippen molar-refractivity contribution in [3.63, 3.8) is 0 Å². The smallest absolute Gasteiger partial charge is 0.129 e. The van der Waals surface area contributed by atoms with Crippen molar-refractivity contribution < 1.29 is 5.11 Å². The van der Waals surface area contributed by atoms with Gasteiger partial charge in [-0.2, -0.15) is 5.10 Å². The van der Waals surface area contributed by atoms with E-state index in [1.807, 2.05) is 13.0 Å². The molecular weight excluding hydrogens is 204 g/mol. The van der Waals surface area contributed by atoms with Crippen molar-refractivity contribution in [2.75, 3.05) is 5.73 Å². The topological polar surface area (TPSA) is 77.0 Å². The monoisotopic (exact) mass is 218 g/mol. The summed E-state index contributed by atoms with van der Waals surface area (Å²) in [6.45, 7) is 1.90. The third-order valence-electron chi connectivity index (χ3n) is 2.55. The molecule has 2 heterocycles. The van der Waals surface area contributed by atoms with Gasteiger partial charge in [0.1, 0.15) is 11.9 Å². The molecule has 0 fully saturated rings. The molecular formula is C11H14N4O. The number of rotatable bonds is 2.